The normalized spacial score (nSPS) is 16.7. The molecule has 0 bridgehead atoms. The van der Waals surface area contributed by atoms with Crippen molar-refractivity contribution in [2.24, 2.45) is 0 Å². The fourth-order valence-electron chi connectivity index (χ4n) is 9.32. The summed E-state index contributed by atoms with van der Waals surface area (Å²) in [7, 11) is 0. The number of hydroxylamine groups is 1. The van der Waals surface area contributed by atoms with Gasteiger partial charge in [0.2, 0.25) is 35.4 Å². The quantitative estimate of drug-likeness (QED) is 0.0235. The Kier molecular flexibility index (Phi) is 33.7. The standard InChI is InChI=1S/C51H93N7O9/c1-3-5-7-9-11-13-15-17-19-21-23-32-45(59)57-39-27-30-43(57)50(65)52-36-26-25-29-41(48(63)53-37-38-54-49(64)42(56-67)34-35-47(61)62)55-51(66)44-31-28-40-58(44)46(60)33-24-22-20-18-16-14-12-10-8-6-4-2/h41-44,56,67H,3-40H2,1-2H3,(H,52,65)(H,53,63)(H,54,64)(H,55,66)(H,61,62). The second kappa shape index (κ2) is 38.1. The summed E-state index contributed by atoms with van der Waals surface area (Å²) < 4.78 is 0. The predicted molar refractivity (Wildman–Crippen MR) is 262 cm³/mol. The molecule has 2 fully saturated rings. The van der Waals surface area contributed by atoms with E-state index in [0.29, 0.717) is 64.6 Å². The monoisotopic (exact) mass is 948 g/mol. The van der Waals surface area contributed by atoms with E-state index in [1.165, 1.54) is 103 Å². The molecular formula is C51H93N7O9. The van der Waals surface area contributed by atoms with Gasteiger partial charge in [0.05, 0.1) is 0 Å². The molecule has 4 unspecified atom stereocenters. The van der Waals surface area contributed by atoms with Crippen molar-refractivity contribution >= 4 is 41.4 Å². The highest BCUT2D eigenvalue weighted by Crippen LogP contribution is 2.22. The Labute approximate surface area is 403 Å². The number of unbranched alkanes of at least 4 members (excludes halogenated alkanes) is 21. The van der Waals surface area contributed by atoms with E-state index in [1.54, 1.807) is 9.80 Å². The number of aliphatic carboxylic acids is 1. The zero-order valence-corrected chi connectivity index (χ0v) is 41.8. The molecule has 2 aliphatic heterocycles. The van der Waals surface area contributed by atoms with E-state index in [2.05, 4.69) is 35.1 Å². The molecule has 0 spiro atoms. The van der Waals surface area contributed by atoms with Gasteiger partial charge in [-0.2, -0.15) is 5.48 Å². The first-order valence-electron chi connectivity index (χ1n) is 26.9. The fraction of sp³-hybridized carbons (Fsp3) is 0.863. The van der Waals surface area contributed by atoms with Gasteiger partial charge in [0.25, 0.3) is 0 Å². The van der Waals surface area contributed by atoms with E-state index >= 15 is 0 Å². The molecule has 16 nitrogen and oxygen atoms in total. The average molecular weight is 948 g/mol. The van der Waals surface area contributed by atoms with Gasteiger partial charge in [0.1, 0.15) is 24.2 Å². The molecule has 2 rings (SSSR count). The lowest BCUT2D eigenvalue weighted by Crippen LogP contribution is -2.54. The molecule has 67 heavy (non-hydrogen) atoms. The molecule has 0 aliphatic carbocycles. The maximum Gasteiger partial charge on any atom is 0.303 e. The largest absolute Gasteiger partial charge is 0.481 e. The minimum Gasteiger partial charge on any atom is -0.481 e. The summed E-state index contributed by atoms with van der Waals surface area (Å²) >= 11 is 0. The summed E-state index contributed by atoms with van der Waals surface area (Å²) in [6, 6.07) is -3.23. The minimum absolute atomic E-state index is 0.00689. The van der Waals surface area contributed by atoms with E-state index in [0.717, 1.165) is 44.9 Å². The number of carboxylic acid groups (broad SMARTS) is 1. The first kappa shape index (κ1) is 59.3. The van der Waals surface area contributed by atoms with Gasteiger partial charge < -0.3 is 41.4 Å². The molecule has 0 aromatic carbocycles. The van der Waals surface area contributed by atoms with Crippen LogP contribution in [0.3, 0.4) is 0 Å². The molecule has 0 radical (unpaired) electrons. The third-order valence-corrected chi connectivity index (χ3v) is 13.4. The summed E-state index contributed by atoms with van der Waals surface area (Å²) in [5.41, 5.74) is 1.82. The zero-order chi connectivity index (χ0) is 48.9. The molecular weight excluding hydrogens is 855 g/mol. The Morgan fingerprint density at radius 1 is 0.478 bits per heavy atom. The Bertz CT molecular complexity index is 1420. The topological polar surface area (TPSA) is 227 Å². The Morgan fingerprint density at radius 2 is 0.896 bits per heavy atom. The lowest BCUT2D eigenvalue weighted by atomic mass is 10.0. The van der Waals surface area contributed by atoms with E-state index in [1.807, 2.05) is 5.48 Å². The van der Waals surface area contributed by atoms with Gasteiger partial charge >= 0.3 is 5.97 Å². The van der Waals surface area contributed by atoms with Gasteiger partial charge in [-0.3, -0.25) is 33.6 Å². The number of carboxylic acids is 1. The molecule has 2 aliphatic rings. The Hall–Kier alpha value is -3.79. The smallest absolute Gasteiger partial charge is 0.303 e. The molecule has 0 aromatic rings. The fourth-order valence-corrected chi connectivity index (χ4v) is 9.32. The molecule has 7 N–H and O–H groups in total. The predicted octanol–water partition coefficient (Wildman–Crippen LogP) is 7.59. The maximum atomic E-state index is 13.8. The second-order valence-corrected chi connectivity index (χ2v) is 19.1. The van der Waals surface area contributed by atoms with Gasteiger partial charge in [-0.05, 0) is 64.2 Å². The van der Waals surface area contributed by atoms with Crippen LogP contribution in [0.25, 0.3) is 0 Å². The number of amides is 6. The van der Waals surface area contributed by atoms with Crippen LogP contribution in [0.15, 0.2) is 0 Å². The van der Waals surface area contributed by atoms with Crippen LogP contribution in [0, 0.1) is 0 Å². The van der Waals surface area contributed by atoms with Crippen molar-refractivity contribution in [1.29, 1.82) is 0 Å². The number of hydrogen-bond acceptors (Lipinski definition) is 9. The number of rotatable bonds is 41. The summed E-state index contributed by atoms with van der Waals surface area (Å²) in [6.07, 6.45) is 30.6. The highest BCUT2D eigenvalue weighted by Gasteiger charge is 2.36. The third-order valence-electron chi connectivity index (χ3n) is 13.4. The lowest BCUT2D eigenvalue weighted by Gasteiger charge is -2.27. The van der Waals surface area contributed by atoms with Crippen LogP contribution >= 0.6 is 0 Å². The highest BCUT2D eigenvalue weighted by atomic mass is 16.5. The van der Waals surface area contributed by atoms with Gasteiger partial charge in [0, 0.05) is 52.0 Å². The van der Waals surface area contributed by atoms with Crippen molar-refractivity contribution in [2.75, 3.05) is 32.7 Å². The van der Waals surface area contributed by atoms with Crippen molar-refractivity contribution in [2.45, 2.75) is 250 Å². The summed E-state index contributed by atoms with van der Waals surface area (Å²) in [4.78, 5) is 93.8. The lowest BCUT2D eigenvalue weighted by molar-refractivity contribution is -0.139. The molecule has 16 heteroatoms. The van der Waals surface area contributed by atoms with Crippen LogP contribution in [-0.2, 0) is 33.6 Å². The van der Waals surface area contributed by atoms with Crippen LogP contribution in [0.4, 0.5) is 0 Å². The Balaban J connectivity index is 1.85. The van der Waals surface area contributed by atoms with E-state index in [-0.39, 0.29) is 56.0 Å². The number of likely N-dealkylation sites (tertiary alicyclic amines) is 2. The summed E-state index contributed by atoms with van der Waals surface area (Å²) in [5, 5.41) is 29.4. The molecule has 0 saturated carbocycles. The minimum atomic E-state index is -1.14. The second-order valence-electron chi connectivity index (χ2n) is 19.1. The first-order valence-corrected chi connectivity index (χ1v) is 26.9. The summed E-state index contributed by atoms with van der Waals surface area (Å²) in [6.45, 7) is 5.88. The van der Waals surface area contributed by atoms with Crippen molar-refractivity contribution in [3.05, 3.63) is 0 Å². The maximum absolute atomic E-state index is 13.8. The summed E-state index contributed by atoms with van der Waals surface area (Å²) in [5.74, 6) is -2.77. The number of nitrogens with one attached hydrogen (secondary N) is 5. The molecule has 6 amide bonds. The molecule has 0 aromatic heterocycles. The Morgan fingerprint density at radius 3 is 1.33 bits per heavy atom. The van der Waals surface area contributed by atoms with Crippen molar-refractivity contribution in [3.63, 3.8) is 0 Å². The van der Waals surface area contributed by atoms with Crippen molar-refractivity contribution < 1.29 is 43.9 Å². The van der Waals surface area contributed by atoms with Crippen molar-refractivity contribution in [1.82, 2.24) is 36.5 Å². The van der Waals surface area contributed by atoms with Gasteiger partial charge in [0.15, 0.2) is 0 Å². The molecule has 4 atom stereocenters. The van der Waals surface area contributed by atoms with Gasteiger partial charge in [-0.25, -0.2) is 0 Å². The molecule has 2 heterocycles. The SMILES string of the molecule is CCCCCCCCCCCCCC(=O)N1CCCC1C(=O)NCCCCC(NC(=O)C1CCCN1C(=O)CCCCCCCCCCCCC)C(=O)NCCNC(=O)C(CCC(=O)O)NO. The van der Waals surface area contributed by atoms with Gasteiger partial charge in [-0.1, -0.05) is 142 Å². The zero-order valence-electron chi connectivity index (χ0n) is 41.8. The molecule has 386 valence electrons. The number of hydrogen-bond donors (Lipinski definition) is 7. The van der Waals surface area contributed by atoms with E-state index in [9.17, 15) is 38.8 Å². The number of carbonyl (C=O) groups is 7. The molecule has 2 saturated heterocycles. The van der Waals surface area contributed by atoms with Crippen LogP contribution in [0.2, 0.25) is 0 Å². The number of carbonyl (C=O) groups excluding carboxylic acids is 6. The van der Waals surface area contributed by atoms with Crippen LogP contribution < -0.4 is 26.7 Å². The highest BCUT2D eigenvalue weighted by molar-refractivity contribution is 5.92. The van der Waals surface area contributed by atoms with Crippen LogP contribution in [-0.4, -0.2) is 118 Å². The average Bonchev–Trinajstić information content (AvgIpc) is 4.02. The number of nitrogens with zero attached hydrogens (tertiary/aromatic N) is 2. The van der Waals surface area contributed by atoms with E-state index in [4.69, 9.17) is 5.11 Å². The van der Waals surface area contributed by atoms with Gasteiger partial charge in [-0.15, -0.1) is 0 Å². The van der Waals surface area contributed by atoms with Crippen LogP contribution in [0.5, 0.6) is 0 Å². The first-order chi connectivity index (χ1) is 32.5. The van der Waals surface area contributed by atoms with Crippen molar-refractivity contribution in [3.8, 4) is 0 Å². The van der Waals surface area contributed by atoms with E-state index < -0.39 is 42.0 Å². The third kappa shape index (κ3) is 26.5. The van der Waals surface area contributed by atoms with Crippen LogP contribution in [0.1, 0.15) is 226 Å².